The van der Waals surface area contributed by atoms with Crippen LogP contribution in [0.2, 0.25) is 0 Å². The van der Waals surface area contributed by atoms with Gasteiger partial charge in [-0.3, -0.25) is 0 Å². The molecule has 0 bridgehead atoms. The molecule has 0 saturated heterocycles. The first-order valence-electron chi connectivity index (χ1n) is 3.30. The molecule has 1 aliphatic heterocycles. The molecule has 2 heterocycles. The summed E-state index contributed by atoms with van der Waals surface area (Å²) in [6.07, 6.45) is 6.78. The smallest absolute Gasteiger partial charge is 0.203 e. The van der Waals surface area contributed by atoms with Gasteiger partial charge in [0.15, 0.2) is 0 Å². The van der Waals surface area contributed by atoms with Crippen LogP contribution in [0.5, 0.6) is 0 Å². The zero-order chi connectivity index (χ0) is 8.39. The first-order chi connectivity index (χ1) is 5.86. The molecule has 0 fully saturated rings. The Hall–Kier alpha value is -1.56. The molecule has 6 heteroatoms. The Kier molecular flexibility index (Phi) is 1.67. The molecule has 1 aromatic rings. The van der Waals surface area contributed by atoms with Gasteiger partial charge in [0.05, 0.1) is 5.70 Å². The summed E-state index contributed by atoms with van der Waals surface area (Å²) in [5, 5.41) is 9.79. The van der Waals surface area contributed by atoms with Crippen LogP contribution in [0.4, 0.5) is 0 Å². The zero-order valence-electron chi connectivity index (χ0n) is 6.02. The molecule has 0 saturated carbocycles. The van der Waals surface area contributed by atoms with E-state index < -0.39 is 0 Å². The van der Waals surface area contributed by atoms with E-state index in [4.69, 9.17) is 4.52 Å². The maximum absolute atomic E-state index is 4.81. The van der Waals surface area contributed by atoms with E-state index in [1.54, 1.807) is 18.6 Å². The maximum Gasteiger partial charge on any atom is 0.203 e. The second-order valence-electron chi connectivity index (χ2n) is 2.15. The molecule has 0 radical (unpaired) electrons. The van der Waals surface area contributed by atoms with Crippen LogP contribution < -0.4 is 14.9 Å². The van der Waals surface area contributed by atoms with Crippen molar-refractivity contribution in [1.29, 1.82) is 0 Å². The van der Waals surface area contributed by atoms with Gasteiger partial charge in [0.1, 0.15) is 0 Å². The van der Waals surface area contributed by atoms with Crippen molar-refractivity contribution >= 4 is 18.5 Å². The molecule has 0 unspecified atom stereocenters. The van der Waals surface area contributed by atoms with Crippen molar-refractivity contribution in [2.24, 2.45) is 0 Å². The molecule has 1 aromatic heterocycles. The zero-order valence-corrected chi connectivity index (χ0v) is 6.84. The topological polar surface area (TPSA) is 54.0 Å². The molecule has 5 nitrogen and oxygen atoms in total. The normalized spacial score (nSPS) is 14.8. The lowest BCUT2D eigenvalue weighted by Crippen LogP contribution is -2.27. The third-order valence-electron chi connectivity index (χ3n) is 1.37. The van der Waals surface area contributed by atoms with Crippen LogP contribution in [0, 0.1) is 0 Å². The highest BCUT2D eigenvalue weighted by atomic mass is 32.1. The van der Waals surface area contributed by atoms with E-state index in [9.17, 15) is 0 Å². The van der Waals surface area contributed by atoms with Gasteiger partial charge in [0, 0.05) is 28.0 Å². The Morgan fingerprint density at radius 3 is 3.00 bits per heavy atom. The molecule has 2 rings (SSSR count). The van der Waals surface area contributed by atoms with Crippen molar-refractivity contribution in [3.63, 3.8) is 0 Å². The van der Waals surface area contributed by atoms with Crippen LogP contribution in [0.3, 0.4) is 0 Å². The van der Waals surface area contributed by atoms with Crippen molar-refractivity contribution in [3.05, 3.63) is 30.6 Å². The number of rotatable bonds is 1. The Morgan fingerprint density at radius 2 is 2.42 bits per heavy atom. The Balaban J connectivity index is 2.25. The summed E-state index contributed by atoms with van der Waals surface area (Å²) < 4.78 is 5.79. The van der Waals surface area contributed by atoms with E-state index in [0.717, 1.165) is 9.96 Å². The molecule has 2 N–H and O–H groups in total. The van der Waals surface area contributed by atoms with E-state index in [1.165, 1.54) is 6.26 Å². The minimum absolute atomic E-state index is 0.668. The number of hydrogen-bond acceptors (Lipinski definition) is 5. The summed E-state index contributed by atoms with van der Waals surface area (Å²) in [4.78, 5) is 0. The summed E-state index contributed by atoms with van der Waals surface area (Å²) in [6, 6.07) is 0. The molecule has 0 atom stereocenters. The van der Waals surface area contributed by atoms with Crippen molar-refractivity contribution < 1.29 is 8.78 Å². The lowest BCUT2D eigenvalue weighted by molar-refractivity contribution is -0.753. The van der Waals surface area contributed by atoms with Crippen molar-refractivity contribution in [2.45, 2.75) is 0 Å². The molecule has 0 aromatic carbocycles. The number of nitrogens with zero attached hydrogens (tertiary/aromatic N) is 2. The van der Waals surface area contributed by atoms with Crippen LogP contribution in [0.1, 0.15) is 5.69 Å². The highest BCUT2D eigenvalue weighted by molar-refractivity contribution is 7.50. The van der Waals surface area contributed by atoms with Crippen LogP contribution in [-0.2, 0) is 12.8 Å². The van der Waals surface area contributed by atoms with Crippen molar-refractivity contribution in [3.8, 4) is 0 Å². The van der Waals surface area contributed by atoms with Gasteiger partial charge >= 0.3 is 0 Å². The van der Waals surface area contributed by atoms with E-state index >= 15 is 0 Å². The SMILES string of the molecule is [S-][n+]1nc(C2=CNC=CN2)co1. The van der Waals surface area contributed by atoms with Gasteiger partial charge in [-0.25, -0.2) is 4.52 Å². The summed E-state index contributed by atoms with van der Waals surface area (Å²) in [5.74, 6) is 0. The first kappa shape index (κ1) is 7.11. The molecular formula is C6H6N4OS. The van der Waals surface area contributed by atoms with E-state index in [0.29, 0.717) is 5.69 Å². The van der Waals surface area contributed by atoms with Gasteiger partial charge in [-0.15, -0.1) is 0 Å². The van der Waals surface area contributed by atoms with Gasteiger partial charge in [-0.1, -0.05) is 0 Å². The summed E-state index contributed by atoms with van der Waals surface area (Å²) in [7, 11) is 0. The summed E-state index contributed by atoms with van der Waals surface area (Å²) in [6.45, 7) is 0. The second-order valence-corrected chi connectivity index (χ2v) is 2.46. The Bertz CT molecular complexity index is 343. The summed E-state index contributed by atoms with van der Waals surface area (Å²) >= 11 is 4.65. The van der Waals surface area contributed by atoms with Gasteiger partial charge in [0.25, 0.3) is 0 Å². The highest BCUT2D eigenvalue weighted by Gasteiger charge is 2.09. The van der Waals surface area contributed by atoms with E-state index in [2.05, 4.69) is 28.5 Å². The molecule has 62 valence electrons. The lowest BCUT2D eigenvalue weighted by Gasteiger charge is -2.06. The minimum atomic E-state index is 0.668. The predicted octanol–water partition coefficient (Wildman–Crippen LogP) is -0.766. The lowest BCUT2D eigenvalue weighted by atomic mass is 10.3. The maximum atomic E-state index is 4.81. The fourth-order valence-electron chi connectivity index (χ4n) is 0.848. The molecule has 12 heavy (non-hydrogen) atoms. The van der Waals surface area contributed by atoms with Crippen molar-refractivity contribution in [1.82, 2.24) is 15.7 Å². The second kappa shape index (κ2) is 2.82. The third kappa shape index (κ3) is 1.24. The van der Waals surface area contributed by atoms with Crippen LogP contribution in [-0.4, -0.2) is 5.10 Å². The molecule has 0 aliphatic carbocycles. The van der Waals surface area contributed by atoms with Crippen LogP contribution in [0.15, 0.2) is 29.4 Å². The number of hydrogen-bond donors (Lipinski definition) is 2. The standard InChI is InChI=1S/C6H6N4OS/c12-10-9-6(4-11-10)5-3-7-1-2-8-5/h1-4,7-8H. The monoisotopic (exact) mass is 182 g/mol. The van der Waals surface area contributed by atoms with Crippen LogP contribution in [0.25, 0.3) is 5.70 Å². The van der Waals surface area contributed by atoms with Gasteiger partial charge in [-0.05, 0) is 0 Å². The Labute approximate surface area is 74.3 Å². The predicted molar refractivity (Wildman–Crippen MR) is 42.8 cm³/mol. The highest BCUT2D eigenvalue weighted by Crippen LogP contribution is 2.06. The molecule has 0 amide bonds. The van der Waals surface area contributed by atoms with Gasteiger partial charge in [0.2, 0.25) is 12.0 Å². The average molecular weight is 182 g/mol. The van der Waals surface area contributed by atoms with Crippen LogP contribution >= 0.6 is 0 Å². The molecule has 1 aliphatic rings. The Morgan fingerprint density at radius 1 is 1.50 bits per heavy atom. The minimum Gasteiger partial charge on any atom is -0.365 e. The van der Waals surface area contributed by atoms with Crippen molar-refractivity contribution in [2.75, 3.05) is 0 Å². The molecular weight excluding hydrogens is 176 g/mol. The molecule has 0 spiro atoms. The average Bonchev–Trinajstić information content (AvgIpc) is 2.54. The largest absolute Gasteiger partial charge is 0.365 e. The summed E-state index contributed by atoms with van der Waals surface area (Å²) in [5.41, 5.74) is 1.49. The van der Waals surface area contributed by atoms with Gasteiger partial charge in [-0.2, -0.15) is 0 Å². The number of aromatic nitrogens is 2. The van der Waals surface area contributed by atoms with Gasteiger partial charge < -0.3 is 23.4 Å². The first-order valence-corrected chi connectivity index (χ1v) is 3.67. The number of nitrogens with one attached hydrogen (secondary N) is 2. The van der Waals surface area contributed by atoms with E-state index in [1.807, 2.05) is 0 Å². The fourth-order valence-corrected chi connectivity index (χ4v) is 0.979. The quantitative estimate of drug-likeness (QED) is 0.441. The third-order valence-corrected chi connectivity index (χ3v) is 1.53. The fraction of sp³-hybridized carbons (Fsp3) is 0. The van der Waals surface area contributed by atoms with E-state index in [-0.39, 0.29) is 0 Å².